The lowest BCUT2D eigenvalue weighted by atomic mass is 10.3. The molecule has 2 unspecified atom stereocenters. The Balaban J connectivity index is 2.80. The van der Waals surface area contributed by atoms with E-state index in [0.717, 1.165) is 5.82 Å². The minimum absolute atomic E-state index is 0.203. The summed E-state index contributed by atoms with van der Waals surface area (Å²) in [6, 6.07) is 0. The fraction of sp³-hybridized carbons (Fsp3) is 0.667. The molecule has 4 nitrogen and oxygen atoms in total. The summed E-state index contributed by atoms with van der Waals surface area (Å²) in [6.45, 7) is 3.52. The lowest BCUT2D eigenvalue weighted by molar-refractivity contribution is 0.187. The Kier molecular flexibility index (Phi) is 2.31. The summed E-state index contributed by atoms with van der Waals surface area (Å²) in [5.41, 5.74) is 0. The van der Waals surface area contributed by atoms with Gasteiger partial charge in [0.05, 0.1) is 12.2 Å². The van der Waals surface area contributed by atoms with Gasteiger partial charge in [-0.05, 0) is 13.8 Å². The van der Waals surface area contributed by atoms with Gasteiger partial charge in [0.1, 0.15) is 0 Å². The van der Waals surface area contributed by atoms with E-state index in [1.54, 1.807) is 19.7 Å². The summed E-state index contributed by atoms with van der Waals surface area (Å²) in [5.74, 6) is 2.58. The van der Waals surface area contributed by atoms with Crippen LogP contribution in [0.4, 0.5) is 0 Å². The van der Waals surface area contributed by atoms with Crippen LogP contribution in [-0.2, 0) is 13.6 Å². The molecule has 1 fully saturated rings. The molecule has 0 aromatic rings. The molecule has 5 heteroatoms. The Bertz CT molecular complexity index is 232. The Hall–Kier alpha value is -0.400. The first kappa shape index (κ1) is 8.69. The summed E-state index contributed by atoms with van der Waals surface area (Å²) in [5, 5.41) is 8.23. The normalized spacial score (nSPS) is 43.5. The summed E-state index contributed by atoms with van der Waals surface area (Å²) < 4.78 is 21.2. The molecule has 0 N–H and O–H groups in total. The second-order valence-electron chi connectivity index (χ2n) is 2.42. The SMILES string of the molecule is CC1OP(=O)(C=C=[N-])OC1C. The molecule has 1 aliphatic rings. The fourth-order valence-corrected chi connectivity index (χ4v) is 2.37. The highest BCUT2D eigenvalue weighted by Gasteiger charge is 2.37. The predicted molar refractivity (Wildman–Crippen MR) is 41.6 cm³/mol. The van der Waals surface area contributed by atoms with Gasteiger partial charge in [-0.2, -0.15) is 0 Å². The molecule has 62 valence electrons. The summed E-state index contributed by atoms with van der Waals surface area (Å²) in [4.78, 5) is 0. The van der Waals surface area contributed by atoms with E-state index in [-0.39, 0.29) is 12.2 Å². The van der Waals surface area contributed by atoms with Crippen LogP contribution in [0.25, 0.3) is 5.41 Å². The van der Waals surface area contributed by atoms with Crippen molar-refractivity contribution in [3.8, 4) is 0 Å². The first-order valence-corrected chi connectivity index (χ1v) is 4.89. The topological polar surface area (TPSA) is 57.8 Å². The monoisotopic (exact) mass is 174 g/mol. The molecular formula is C6H9NO3P-. The van der Waals surface area contributed by atoms with Gasteiger partial charge in [0.25, 0.3) is 0 Å². The third kappa shape index (κ3) is 1.79. The van der Waals surface area contributed by atoms with Crippen LogP contribution in [0.2, 0.25) is 0 Å². The Morgan fingerprint density at radius 2 is 1.91 bits per heavy atom. The van der Waals surface area contributed by atoms with E-state index in [1.165, 1.54) is 0 Å². The van der Waals surface area contributed by atoms with Gasteiger partial charge < -0.3 is 5.41 Å². The molecule has 1 heterocycles. The van der Waals surface area contributed by atoms with Crippen LogP contribution >= 0.6 is 7.60 Å². The van der Waals surface area contributed by atoms with Crippen LogP contribution in [0.15, 0.2) is 5.82 Å². The maximum Gasteiger partial charge on any atom is 0.360 e. The quantitative estimate of drug-likeness (QED) is 0.449. The second-order valence-corrected chi connectivity index (χ2v) is 4.18. The van der Waals surface area contributed by atoms with E-state index >= 15 is 0 Å². The van der Waals surface area contributed by atoms with Gasteiger partial charge in [0.2, 0.25) is 0 Å². The minimum atomic E-state index is -3.17. The first-order chi connectivity index (χ1) is 5.07. The van der Waals surface area contributed by atoms with Crippen LogP contribution in [0.3, 0.4) is 0 Å². The number of nitrogens with zero attached hydrogens (tertiary/aromatic N) is 1. The average molecular weight is 174 g/mol. The molecule has 1 rings (SSSR count). The van der Waals surface area contributed by atoms with Gasteiger partial charge in [-0.3, -0.25) is 19.5 Å². The lowest BCUT2D eigenvalue weighted by Gasteiger charge is -2.01. The van der Waals surface area contributed by atoms with E-state index in [4.69, 9.17) is 14.5 Å². The van der Waals surface area contributed by atoms with Crippen molar-refractivity contribution in [1.29, 1.82) is 0 Å². The van der Waals surface area contributed by atoms with Crippen molar-refractivity contribution in [2.45, 2.75) is 26.1 Å². The van der Waals surface area contributed by atoms with Crippen molar-refractivity contribution in [3.63, 3.8) is 0 Å². The molecule has 0 aromatic heterocycles. The maximum atomic E-state index is 11.3. The van der Waals surface area contributed by atoms with Crippen molar-refractivity contribution in [2.24, 2.45) is 0 Å². The van der Waals surface area contributed by atoms with E-state index in [9.17, 15) is 4.57 Å². The predicted octanol–water partition coefficient (Wildman–Crippen LogP) is 1.76. The highest BCUT2D eigenvalue weighted by atomic mass is 31.2. The Morgan fingerprint density at radius 1 is 1.45 bits per heavy atom. The fourth-order valence-electron chi connectivity index (χ4n) is 0.791. The second kappa shape index (κ2) is 2.92. The van der Waals surface area contributed by atoms with Gasteiger partial charge in [0, 0.05) is 5.82 Å². The molecule has 11 heavy (non-hydrogen) atoms. The molecular weight excluding hydrogens is 165 g/mol. The molecule has 0 saturated carbocycles. The molecule has 1 saturated heterocycles. The molecule has 1 aliphatic heterocycles. The molecule has 0 spiro atoms. The van der Waals surface area contributed by atoms with Gasteiger partial charge in [-0.25, -0.2) is 0 Å². The van der Waals surface area contributed by atoms with Crippen LogP contribution in [0.1, 0.15) is 13.8 Å². The van der Waals surface area contributed by atoms with Gasteiger partial charge in [0.15, 0.2) is 0 Å². The van der Waals surface area contributed by atoms with Crippen molar-refractivity contribution in [3.05, 3.63) is 11.2 Å². The summed E-state index contributed by atoms with van der Waals surface area (Å²) in [6.07, 6.45) is -0.407. The first-order valence-electron chi connectivity index (χ1n) is 3.28. The van der Waals surface area contributed by atoms with Gasteiger partial charge in [-0.1, -0.05) is 0 Å². The van der Waals surface area contributed by atoms with Crippen molar-refractivity contribution in [2.75, 3.05) is 0 Å². The number of hydrogen-bond donors (Lipinski definition) is 0. The molecule has 0 bridgehead atoms. The lowest BCUT2D eigenvalue weighted by Crippen LogP contribution is -2.13. The van der Waals surface area contributed by atoms with Crippen molar-refractivity contribution in [1.82, 2.24) is 0 Å². The third-order valence-electron chi connectivity index (χ3n) is 1.50. The third-order valence-corrected chi connectivity index (χ3v) is 3.19. The number of hydrogen-bond acceptors (Lipinski definition) is 3. The summed E-state index contributed by atoms with van der Waals surface area (Å²) >= 11 is 0. The highest BCUT2D eigenvalue weighted by molar-refractivity contribution is 7.57. The van der Waals surface area contributed by atoms with Crippen molar-refractivity contribution < 1.29 is 13.6 Å². The van der Waals surface area contributed by atoms with Crippen molar-refractivity contribution >= 4 is 13.5 Å². The van der Waals surface area contributed by atoms with E-state index in [1.807, 2.05) is 0 Å². The van der Waals surface area contributed by atoms with Gasteiger partial charge in [-0.15, -0.1) is 0 Å². The molecule has 0 amide bonds. The van der Waals surface area contributed by atoms with E-state index in [2.05, 4.69) is 0 Å². The number of rotatable bonds is 1. The Morgan fingerprint density at radius 3 is 2.27 bits per heavy atom. The van der Waals surface area contributed by atoms with Gasteiger partial charge >= 0.3 is 7.60 Å². The van der Waals surface area contributed by atoms with E-state index in [0.29, 0.717) is 0 Å². The van der Waals surface area contributed by atoms with Crippen LogP contribution in [0, 0.1) is 0 Å². The van der Waals surface area contributed by atoms with E-state index < -0.39 is 7.60 Å². The molecule has 0 aromatic carbocycles. The standard InChI is InChI=1S/C6H9NO3P/c1-5-6(2)10-11(8,9-5)4-3-7/h4-6H,1-2H3/q-1. The smallest absolute Gasteiger partial charge is 0.360 e. The molecule has 0 aliphatic carbocycles. The van der Waals surface area contributed by atoms with Crippen LogP contribution < -0.4 is 0 Å². The average Bonchev–Trinajstić information content (AvgIpc) is 2.08. The summed E-state index contributed by atoms with van der Waals surface area (Å²) in [7, 11) is -3.17. The zero-order valence-electron chi connectivity index (χ0n) is 6.35. The highest BCUT2D eigenvalue weighted by Crippen LogP contribution is 2.56. The molecule has 2 atom stereocenters. The minimum Gasteiger partial charge on any atom is -0.763 e. The maximum absolute atomic E-state index is 11.3. The zero-order chi connectivity index (χ0) is 8.48. The zero-order valence-corrected chi connectivity index (χ0v) is 7.25. The molecule has 0 radical (unpaired) electrons. The van der Waals surface area contributed by atoms with Crippen LogP contribution in [0.5, 0.6) is 0 Å². The largest absolute Gasteiger partial charge is 0.763 e. The van der Waals surface area contributed by atoms with Crippen LogP contribution in [-0.4, -0.2) is 18.1 Å². The Labute approximate surface area is 65.2 Å².